The zero-order valence-electron chi connectivity index (χ0n) is 10.8. The Morgan fingerprint density at radius 2 is 2.25 bits per heavy atom. The van der Waals surface area contributed by atoms with E-state index >= 15 is 0 Å². The number of nitro benzene ring substituents is 1. The summed E-state index contributed by atoms with van der Waals surface area (Å²) in [5.74, 6) is 2.08. The van der Waals surface area contributed by atoms with E-state index in [-0.39, 0.29) is 18.0 Å². The highest BCUT2D eigenvalue weighted by Crippen LogP contribution is 2.31. The summed E-state index contributed by atoms with van der Waals surface area (Å²) in [7, 11) is 0. The Bertz CT molecular complexity index is 587. The molecule has 0 aliphatic heterocycles. The lowest BCUT2D eigenvalue weighted by Crippen LogP contribution is -2.33. The highest BCUT2D eigenvalue weighted by Gasteiger charge is 2.27. The first-order valence-electron chi connectivity index (χ1n) is 6.23. The molecule has 0 bridgehead atoms. The van der Waals surface area contributed by atoms with Crippen molar-refractivity contribution in [2.75, 3.05) is 13.1 Å². The quantitative estimate of drug-likeness (QED) is 0.504. The predicted octanol–water partition coefficient (Wildman–Crippen LogP) is 1.79. The number of nitro groups is 1. The van der Waals surface area contributed by atoms with Crippen LogP contribution in [0, 0.1) is 28.4 Å². The van der Waals surface area contributed by atoms with Gasteiger partial charge in [-0.1, -0.05) is 5.92 Å². The molecule has 1 aromatic carbocycles. The third kappa shape index (κ3) is 3.06. The average molecular weight is 274 g/mol. The molecular formula is C14H14N2O4. The van der Waals surface area contributed by atoms with Gasteiger partial charge in [-0.3, -0.25) is 14.9 Å². The number of phenols is 1. The number of terminal acetylenes is 1. The molecule has 0 atom stereocenters. The Morgan fingerprint density at radius 3 is 2.75 bits per heavy atom. The van der Waals surface area contributed by atoms with E-state index in [1.54, 1.807) is 0 Å². The molecule has 0 unspecified atom stereocenters. The number of phenolic OH excluding ortho intramolecular Hbond substituents is 1. The number of hydrogen-bond donors (Lipinski definition) is 1. The maximum Gasteiger partial charge on any atom is 0.310 e. The zero-order valence-corrected chi connectivity index (χ0v) is 10.8. The fraction of sp³-hybridized carbons (Fsp3) is 0.357. The molecule has 1 saturated carbocycles. The summed E-state index contributed by atoms with van der Waals surface area (Å²) in [6, 6.07) is 3.56. The third-order valence-corrected chi connectivity index (χ3v) is 3.16. The van der Waals surface area contributed by atoms with Crippen molar-refractivity contribution in [1.29, 1.82) is 0 Å². The number of amides is 1. The van der Waals surface area contributed by atoms with Crippen LogP contribution in [0.2, 0.25) is 0 Å². The van der Waals surface area contributed by atoms with E-state index in [1.807, 2.05) is 0 Å². The van der Waals surface area contributed by atoms with E-state index in [0.717, 1.165) is 25.0 Å². The molecule has 0 aromatic heterocycles. The van der Waals surface area contributed by atoms with Crippen molar-refractivity contribution >= 4 is 11.6 Å². The first-order valence-corrected chi connectivity index (χ1v) is 6.23. The summed E-state index contributed by atoms with van der Waals surface area (Å²) >= 11 is 0. The van der Waals surface area contributed by atoms with Crippen LogP contribution in [-0.2, 0) is 0 Å². The maximum absolute atomic E-state index is 12.3. The summed E-state index contributed by atoms with van der Waals surface area (Å²) in [5, 5.41) is 20.2. The van der Waals surface area contributed by atoms with Gasteiger partial charge in [0.2, 0.25) is 0 Å². The molecule has 2 rings (SSSR count). The van der Waals surface area contributed by atoms with Crippen molar-refractivity contribution in [2.24, 2.45) is 5.92 Å². The Balaban J connectivity index is 2.20. The minimum atomic E-state index is -0.701. The van der Waals surface area contributed by atoms with Crippen LogP contribution in [0.4, 0.5) is 5.69 Å². The Hall–Kier alpha value is -2.55. The lowest BCUT2D eigenvalue weighted by molar-refractivity contribution is -0.385. The van der Waals surface area contributed by atoms with Crippen molar-refractivity contribution in [3.8, 4) is 18.1 Å². The van der Waals surface area contributed by atoms with Gasteiger partial charge in [0.1, 0.15) is 0 Å². The molecule has 1 fully saturated rings. The number of hydrogen-bond acceptors (Lipinski definition) is 4. The minimum absolute atomic E-state index is 0.188. The van der Waals surface area contributed by atoms with Gasteiger partial charge in [-0.15, -0.1) is 6.42 Å². The second kappa shape index (κ2) is 5.61. The van der Waals surface area contributed by atoms with Gasteiger partial charge in [0.25, 0.3) is 5.91 Å². The topological polar surface area (TPSA) is 83.7 Å². The van der Waals surface area contributed by atoms with E-state index in [4.69, 9.17) is 6.42 Å². The van der Waals surface area contributed by atoms with Crippen molar-refractivity contribution in [3.05, 3.63) is 33.9 Å². The Morgan fingerprint density at radius 1 is 1.55 bits per heavy atom. The fourth-order valence-corrected chi connectivity index (χ4v) is 1.93. The van der Waals surface area contributed by atoms with E-state index in [9.17, 15) is 20.0 Å². The van der Waals surface area contributed by atoms with Gasteiger partial charge < -0.3 is 10.0 Å². The maximum atomic E-state index is 12.3. The van der Waals surface area contributed by atoms with Gasteiger partial charge in [-0.05, 0) is 30.9 Å². The van der Waals surface area contributed by atoms with Crippen LogP contribution in [0.15, 0.2) is 18.2 Å². The molecule has 0 saturated heterocycles. The average Bonchev–Trinajstić information content (AvgIpc) is 3.21. The molecule has 1 aliphatic rings. The summed E-state index contributed by atoms with van der Waals surface area (Å²) in [6.45, 7) is 0.772. The Labute approximate surface area is 116 Å². The molecule has 1 aromatic rings. The smallest absolute Gasteiger partial charge is 0.310 e. The largest absolute Gasteiger partial charge is 0.502 e. The van der Waals surface area contributed by atoms with Gasteiger partial charge in [0.15, 0.2) is 5.75 Å². The van der Waals surface area contributed by atoms with Crippen LogP contribution in [0.1, 0.15) is 23.2 Å². The Kier molecular flexibility index (Phi) is 3.89. The highest BCUT2D eigenvalue weighted by molar-refractivity contribution is 5.95. The van der Waals surface area contributed by atoms with Crippen molar-refractivity contribution in [2.45, 2.75) is 12.8 Å². The molecule has 1 N–H and O–H groups in total. The second-order valence-electron chi connectivity index (χ2n) is 4.79. The van der Waals surface area contributed by atoms with Crippen LogP contribution in [0.3, 0.4) is 0 Å². The lowest BCUT2D eigenvalue weighted by atomic mass is 10.1. The molecule has 0 radical (unpaired) electrons. The van der Waals surface area contributed by atoms with Gasteiger partial charge in [-0.2, -0.15) is 0 Å². The van der Waals surface area contributed by atoms with Gasteiger partial charge in [0, 0.05) is 18.2 Å². The number of aromatic hydroxyl groups is 1. The predicted molar refractivity (Wildman–Crippen MR) is 72.2 cm³/mol. The molecular weight excluding hydrogens is 260 g/mol. The highest BCUT2D eigenvalue weighted by atomic mass is 16.6. The molecule has 0 heterocycles. The number of nitrogens with zero attached hydrogens (tertiary/aromatic N) is 2. The summed E-state index contributed by atoms with van der Waals surface area (Å²) in [4.78, 5) is 23.7. The monoisotopic (exact) mass is 274 g/mol. The second-order valence-corrected chi connectivity index (χ2v) is 4.79. The van der Waals surface area contributed by atoms with Crippen molar-refractivity contribution in [3.63, 3.8) is 0 Å². The van der Waals surface area contributed by atoms with Crippen LogP contribution >= 0.6 is 0 Å². The molecule has 6 nitrogen and oxygen atoms in total. The third-order valence-electron chi connectivity index (χ3n) is 3.16. The molecule has 0 spiro atoms. The van der Waals surface area contributed by atoms with Crippen molar-refractivity contribution < 1.29 is 14.8 Å². The van der Waals surface area contributed by atoms with Crippen LogP contribution in [0.5, 0.6) is 5.75 Å². The van der Waals surface area contributed by atoms with E-state index in [1.165, 1.54) is 11.0 Å². The zero-order chi connectivity index (χ0) is 14.7. The molecule has 1 amide bonds. The van der Waals surface area contributed by atoms with E-state index in [0.29, 0.717) is 12.5 Å². The van der Waals surface area contributed by atoms with Crippen molar-refractivity contribution in [1.82, 2.24) is 4.90 Å². The lowest BCUT2D eigenvalue weighted by Gasteiger charge is -2.20. The first-order chi connectivity index (χ1) is 9.52. The SMILES string of the molecule is C#CCN(CC1CC1)C(=O)c1ccc([N+](=O)[O-])c(O)c1. The van der Waals surface area contributed by atoms with Crippen LogP contribution in [0.25, 0.3) is 0 Å². The molecule has 104 valence electrons. The summed E-state index contributed by atoms with van der Waals surface area (Å²) in [6.07, 6.45) is 7.42. The molecule has 6 heteroatoms. The number of carbonyl (C=O) groups is 1. The number of rotatable bonds is 5. The van der Waals surface area contributed by atoms with E-state index < -0.39 is 16.4 Å². The van der Waals surface area contributed by atoms with Crippen LogP contribution < -0.4 is 0 Å². The summed E-state index contributed by atoms with van der Waals surface area (Å²) in [5.41, 5.74) is -0.226. The molecule has 20 heavy (non-hydrogen) atoms. The van der Waals surface area contributed by atoms with Gasteiger partial charge in [-0.25, -0.2) is 0 Å². The minimum Gasteiger partial charge on any atom is -0.502 e. The molecule has 1 aliphatic carbocycles. The first kappa shape index (κ1) is 13.9. The number of carbonyl (C=O) groups excluding carboxylic acids is 1. The van der Waals surface area contributed by atoms with E-state index in [2.05, 4.69) is 5.92 Å². The normalized spacial score (nSPS) is 13.6. The summed E-state index contributed by atoms with van der Waals surface area (Å²) < 4.78 is 0. The fourth-order valence-electron chi connectivity index (χ4n) is 1.93. The standard InChI is InChI=1S/C14H14N2O4/c1-2-7-15(9-10-3-4-10)14(18)11-5-6-12(16(19)20)13(17)8-11/h1,5-6,8,10,17H,3-4,7,9H2. The van der Waals surface area contributed by atoms with Gasteiger partial charge in [0.05, 0.1) is 11.5 Å². The number of benzene rings is 1. The van der Waals surface area contributed by atoms with Crippen LogP contribution in [-0.4, -0.2) is 33.9 Å². The van der Waals surface area contributed by atoms with Gasteiger partial charge >= 0.3 is 5.69 Å².